The molecule has 0 N–H and O–H groups in total. The summed E-state index contributed by atoms with van der Waals surface area (Å²) >= 11 is 0. The standard InChI is InChI=1S/C16H22FN2O/c1-4-16(10-9-12(16)3)19-18(5-2)11-13-14(17)7-6-8-15(13)20-19/h6-8,11-12H,4-5,9-10H2,1-3H3/q+1. The maximum atomic E-state index is 13.9. The molecular formula is C16H22FN2O+. The number of hydrazine groups is 1. The number of hydrogen-bond acceptors (Lipinski definition) is 2. The van der Waals surface area contributed by atoms with Crippen molar-refractivity contribution in [2.24, 2.45) is 5.92 Å². The average Bonchev–Trinajstić information content (AvgIpc) is 2.46. The van der Waals surface area contributed by atoms with Gasteiger partial charge in [0.15, 0.2) is 12.3 Å². The van der Waals surface area contributed by atoms with Gasteiger partial charge >= 0.3 is 0 Å². The van der Waals surface area contributed by atoms with Crippen LogP contribution in [-0.4, -0.2) is 28.2 Å². The molecule has 0 aromatic heterocycles. The molecule has 1 heterocycles. The van der Waals surface area contributed by atoms with E-state index in [1.807, 2.05) is 22.1 Å². The van der Waals surface area contributed by atoms with Crippen molar-refractivity contribution in [3.63, 3.8) is 0 Å². The highest BCUT2D eigenvalue weighted by Gasteiger charge is 2.55. The van der Waals surface area contributed by atoms with Gasteiger partial charge in [-0.05, 0) is 44.2 Å². The maximum Gasteiger partial charge on any atom is 0.211 e. The van der Waals surface area contributed by atoms with Gasteiger partial charge in [0.05, 0.1) is 0 Å². The summed E-state index contributed by atoms with van der Waals surface area (Å²) in [5.74, 6) is 0.972. The normalized spacial score (nSPS) is 28.3. The fraction of sp³-hybridized carbons (Fsp3) is 0.562. The van der Waals surface area contributed by atoms with Gasteiger partial charge < -0.3 is 4.84 Å². The van der Waals surface area contributed by atoms with Crippen LogP contribution in [0.2, 0.25) is 0 Å². The summed E-state index contributed by atoms with van der Waals surface area (Å²) in [7, 11) is 0. The first-order valence-corrected chi connectivity index (χ1v) is 7.50. The van der Waals surface area contributed by atoms with Crippen LogP contribution < -0.4 is 4.84 Å². The molecule has 4 heteroatoms. The van der Waals surface area contributed by atoms with Gasteiger partial charge in [0, 0.05) is 5.17 Å². The van der Waals surface area contributed by atoms with Crippen molar-refractivity contribution in [2.75, 3.05) is 6.54 Å². The number of hydrazone groups is 1. The predicted molar refractivity (Wildman–Crippen MR) is 76.3 cm³/mol. The quantitative estimate of drug-likeness (QED) is 0.787. The number of fused-ring (bicyclic) bond motifs is 1. The molecule has 1 aromatic rings. The zero-order valence-electron chi connectivity index (χ0n) is 12.4. The molecule has 3 rings (SSSR count). The Morgan fingerprint density at radius 1 is 1.45 bits per heavy atom. The SMILES string of the molecule is CC[N+]1=Cc2c(F)cccc2ON1C1(CC)CCC1C. The number of hydroxylamine groups is 1. The van der Waals surface area contributed by atoms with Gasteiger partial charge in [-0.15, -0.1) is 0 Å². The molecule has 1 aliphatic carbocycles. The Bertz CT molecular complexity index is 553. The summed E-state index contributed by atoms with van der Waals surface area (Å²) in [5.41, 5.74) is 0.583. The van der Waals surface area contributed by atoms with E-state index in [4.69, 9.17) is 4.84 Å². The average molecular weight is 277 g/mol. The molecule has 3 nitrogen and oxygen atoms in total. The van der Waals surface area contributed by atoms with Crippen LogP contribution in [0.1, 0.15) is 45.6 Å². The first kappa shape index (κ1) is 13.4. The highest BCUT2D eigenvalue weighted by atomic mass is 19.1. The van der Waals surface area contributed by atoms with E-state index in [1.165, 1.54) is 12.5 Å². The fourth-order valence-corrected chi connectivity index (χ4v) is 3.35. The van der Waals surface area contributed by atoms with Crippen molar-refractivity contribution >= 4 is 6.21 Å². The molecule has 1 aliphatic heterocycles. The van der Waals surface area contributed by atoms with E-state index in [9.17, 15) is 4.39 Å². The summed E-state index contributed by atoms with van der Waals surface area (Å²) in [6.07, 6.45) is 5.25. The van der Waals surface area contributed by atoms with Crippen molar-refractivity contribution in [1.29, 1.82) is 0 Å². The zero-order chi connectivity index (χ0) is 14.3. The molecule has 0 amide bonds. The molecule has 1 aromatic carbocycles. The molecule has 108 valence electrons. The molecule has 0 saturated heterocycles. The molecule has 2 unspecified atom stereocenters. The number of benzene rings is 1. The van der Waals surface area contributed by atoms with Crippen molar-refractivity contribution in [1.82, 2.24) is 5.17 Å². The number of hydrogen-bond donors (Lipinski definition) is 0. The third kappa shape index (κ3) is 1.74. The second-order valence-electron chi connectivity index (χ2n) is 5.80. The molecular weight excluding hydrogens is 255 g/mol. The molecule has 2 aliphatic rings. The lowest BCUT2D eigenvalue weighted by Gasteiger charge is -2.50. The van der Waals surface area contributed by atoms with Gasteiger partial charge in [0.2, 0.25) is 6.21 Å². The first-order valence-electron chi connectivity index (χ1n) is 7.50. The van der Waals surface area contributed by atoms with E-state index in [2.05, 4.69) is 20.8 Å². The third-order valence-corrected chi connectivity index (χ3v) is 4.95. The molecule has 0 radical (unpaired) electrons. The summed E-state index contributed by atoms with van der Waals surface area (Å²) in [6.45, 7) is 7.30. The summed E-state index contributed by atoms with van der Waals surface area (Å²) in [6, 6.07) is 5.01. The largest absolute Gasteiger partial charge is 0.331 e. The fourth-order valence-electron chi connectivity index (χ4n) is 3.35. The Hall–Kier alpha value is -1.58. The number of rotatable bonds is 3. The van der Waals surface area contributed by atoms with E-state index in [-0.39, 0.29) is 11.4 Å². The summed E-state index contributed by atoms with van der Waals surface area (Å²) < 4.78 is 15.9. The van der Waals surface area contributed by atoms with Crippen molar-refractivity contribution in [2.45, 2.75) is 45.6 Å². The van der Waals surface area contributed by atoms with Crippen molar-refractivity contribution in [3.05, 3.63) is 29.6 Å². The molecule has 20 heavy (non-hydrogen) atoms. The highest BCUT2D eigenvalue weighted by molar-refractivity contribution is 5.80. The van der Waals surface area contributed by atoms with E-state index in [1.54, 1.807) is 6.07 Å². The lowest BCUT2D eigenvalue weighted by atomic mass is 9.66. The molecule has 1 fully saturated rings. The highest BCUT2D eigenvalue weighted by Crippen LogP contribution is 2.46. The monoisotopic (exact) mass is 277 g/mol. The summed E-state index contributed by atoms with van der Waals surface area (Å²) in [4.78, 5) is 6.07. The van der Waals surface area contributed by atoms with Crippen LogP contribution in [0.5, 0.6) is 5.75 Å². The van der Waals surface area contributed by atoms with Crippen LogP contribution in [0.4, 0.5) is 4.39 Å². The smallest absolute Gasteiger partial charge is 0.211 e. The van der Waals surface area contributed by atoms with Crippen molar-refractivity contribution in [3.8, 4) is 5.75 Å². The third-order valence-electron chi connectivity index (χ3n) is 4.95. The molecule has 1 saturated carbocycles. The minimum Gasteiger partial charge on any atom is -0.331 e. The topological polar surface area (TPSA) is 15.5 Å². The van der Waals surface area contributed by atoms with Crippen LogP contribution in [0.3, 0.4) is 0 Å². The van der Waals surface area contributed by atoms with Crippen LogP contribution in [0, 0.1) is 11.7 Å². The number of nitrogens with zero attached hydrogens (tertiary/aromatic N) is 2. The molecule has 2 atom stereocenters. The van der Waals surface area contributed by atoms with E-state index in [0.717, 1.165) is 19.4 Å². The van der Waals surface area contributed by atoms with Gasteiger partial charge in [-0.3, -0.25) is 0 Å². The Labute approximate surface area is 119 Å². The Morgan fingerprint density at radius 2 is 2.25 bits per heavy atom. The Kier molecular flexibility index (Phi) is 3.19. The van der Waals surface area contributed by atoms with Crippen LogP contribution in [-0.2, 0) is 0 Å². The van der Waals surface area contributed by atoms with Crippen LogP contribution >= 0.6 is 0 Å². The minimum atomic E-state index is -0.229. The van der Waals surface area contributed by atoms with Gasteiger partial charge in [0.25, 0.3) is 0 Å². The van der Waals surface area contributed by atoms with Gasteiger partial charge in [-0.25, -0.2) is 4.39 Å². The van der Waals surface area contributed by atoms with E-state index >= 15 is 0 Å². The maximum absolute atomic E-state index is 13.9. The molecule has 0 bridgehead atoms. The lowest BCUT2D eigenvalue weighted by Crippen LogP contribution is -2.64. The zero-order valence-corrected chi connectivity index (χ0v) is 12.4. The van der Waals surface area contributed by atoms with Gasteiger partial charge in [-0.1, -0.05) is 24.6 Å². The lowest BCUT2D eigenvalue weighted by molar-refractivity contribution is -0.769. The van der Waals surface area contributed by atoms with Gasteiger partial charge in [-0.2, -0.15) is 0 Å². The van der Waals surface area contributed by atoms with Gasteiger partial charge in [0.1, 0.15) is 16.9 Å². The second kappa shape index (κ2) is 4.76. The van der Waals surface area contributed by atoms with E-state index < -0.39 is 0 Å². The van der Waals surface area contributed by atoms with Crippen LogP contribution in [0.25, 0.3) is 0 Å². The van der Waals surface area contributed by atoms with Crippen LogP contribution in [0.15, 0.2) is 18.2 Å². The first-order chi connectivity index (χ1) is 9.62. The van der Waals surface area contributed by atoms with E-state index in [0.29, 0.717) is 17.2 Å². The number of halogens is 1. The molecule has 0 spiro atoms. The van der Waals surface area contributed by atoms with Crippen molar-refractivity contribution < 1.29 is 13.9 Å². The Morgan fingerprint density at radius 3 is 2.80 bits per heavy atom. The summed E-state index contributed by atoms with van der Waals surface area (Å²) in [5, 5.41) is 1.99. The second-order valence-corrected chi connectivity index (χ2v) is 5.80. The predicted octanol–water partition coefficient (Wildman–Crippen LogP) is 3.38. The Balaban J connectivity index is 2.03. The minimum absolute atomic E-state index is 0.0382.